The Labute approximate surface area is 158 Å². The van der Waals surface area contributed by atoms with Crippen molar-refractivity contribution in [2.24, 2.45) is 5.41 Å². The highest BCUT2D eigenvalue weighted by Crippen LogP contribution is 2.45. The summed E-state index contributed by atoms with van der Waals surface area (Å²) in [4.78, 5) is 15.2. The normalized spacial score (nSPS) is 15.6. The van der Waals surface area contributed by atoms with Gasteiger partial charge in [-0.25, -0.2) is 0 Å². The second-order valence-electron chi connectivity index (χ2n) is 7.26. The SMILES string of the molecule is CC1(C(=O)NCc2cc3ccc(OCc4cc(C(F)(F)F)on4)cc3[nH]2)CC1. The Balaban J connectivity index is 1.39. The zero-order valence-corrected chi connectivity index (χ0v) is 15.0. The molecule has 0 spiro atoms. The molecule has 1 fully saturated rings. The third-order valence-electron chi connectivity index (χ3n) is 4.86. The first-order chi connectivity index (χ1) is 13.2. The number of halogens is 3. The first-order valence-corrected chi connectivity index (χ1v) is 8.78. The van der Waals surface area contributed by atoms with Crippen LogP contribution in [-0.2, 0) is 24.1 Å². The molecule has 0 atom stereocenters. The largest absolute Gasteiger partial charge is 0.487 e. The molecule has 0 saturated heterocycles. The van der Waals surface area contributed by atoms with Gasteiger partial charge in [-0.15, -0.1) is 0 Å². The number of ether oxygens (including phenoxy) is 1. The summed E-state index contributed by atoms with van der Waals surface area (Å²) in [7, 11) is 0. The van der Waals surface area contributed by atoms with Crippen LogP contribution in [0.1, 0.15) is 36.9 Å². The number of benzene rings is 1. The van der Waals surface area contributed by atoms with Crippen LogP contribution in [0.3, 0.4) is 0 Å². The van der Waals surface area contributed by atoms with Crippen molar-refractivity contribution in [2.75, 3.05) is 0 Å². The zero-order chi connectivity index (χ0) is 19.9. The molecule has 4 rings (SSSR count). The quantitative estimate of drug-likeness (QED) is 0.659. The van der Waals surface area contributed by atoms with Gasteiger partial charge in [-0.1, -0.05) is 12.1 Å². The van der Waals surface area contributed by atoms with Crippen molar-refractivity contribution >= 4 is 16.8 Å². The van der Waals surface area contributed by atoms with E-state index in [-0.39, 0.29) is 23.6 Å². The monoisotopic (exact) mass is 393 g/mol. The Morgan fingerprint density at radius 1 is 1.32 bits per heavy atom. The van der Waals surface area contributed by atoms with E-state index in [1.165, 1.54) is 0 Å². The molecule has 6 nitrogen and oxygen atoms in total. The molecule has 0 aliphatic heterocycles. The molecule has 9 heteroatoms. The van der Waals surface area contributed by atoms with E-state index >= 15 is 0 Å². The van der Waals surface area contributed by atoms with Crippen molar-refractivity contribution in [1.82, 2.24) is 15.5 Å². The number of rotatable bonds is 6. The summed E-state index contributed by atoms with van der Waals surface area (Å²) in [5.74, 6) is -0.620. The van der Waals surface area contributed by atoms with Crippen molar-refractivity contribution in [2.45, 2.75) is 39.1 Å². The first kappa shape index (κ1) is 18.4. The molecule has 28 heavy (non-hydrogen) atoms. The van der Waals surface area contributed by atoms with Gasteiger partial charge in [0.1, 0.15) is 18.1 Å². The molecule has 1 aliphatic rings. The molecule has 2 aromatic heterocycles. The van der Waals surface area contributed by atoms with Gasteiger partial charge in [0.15, 0.2) is 0 Å². The van der Waals surface area contributed by atoms with Crippen molar-refractivity contribution in [3.63, 3.8) is 0 Å². The predicted molar refractivity (Wildman–Crippen MR) is 93.3 cm³/mol. The Hall–Kier alpha value is -2.97. The molecule has 1 amide bonds. The van der Waals surface area contributed by atoms with Crippen LogP contribution < -0.4 is 10.1 Å². The van der Waals surface area contributed by atoms with Crippen LogP contribution in [0.2, 0.25) is 0 Å². The molecule has 2 N–H and O–H groups in total. The van der Waals surface area contributed by atoms with Crippen molar-refractivity contribution in [3.05, 3.63) is 47.5 Å². The molecular weight excluding hydrogens is 375 g/mol. The van der Waals surface area contributed by atoms with Gasteiger partial charge in [-0.3, -0.25) is 4.79 Å². The van der Waals surface area contributed by atoms with Gasteiger partial charge in [-0.05, 0) is 36.4 Å². The molecule has 2 heterocycles. The van der Waals surface area contributed by atoms with Crippen LogP contribution in [0.15, 0.2) is 34.9 Å². The molecule has 1 saturated carbocycles. The summed E-state index contributed by atoms with van der Waals surface area (Å²) >= 11 is 0. The Morgan fingerprint density at radius 2 is 2.11 bits per heavy atom. The standard InChI is InChI=1S/C19H18F3N3O3/c1-18(4-5-18)17(26)23-9-12-6-11-2-3-14(8-15(11)24-12)27-10-13-7-16(28-25-13)19(20,21)22/h2-3,6-8,24H,4-5,9-10H2,1H3,(H,23,26). The lowest BCUT2D eigenvalue weighted by molar-refractivity contribution is -0.155. The summed E-state index contributed by atoms with van der Waals surface area (Å²) in [6.45, 7) is 2.20. The molecule has 0 unspecified atom stereocenters. The van der Waals surface area contributed by atoms with Gasteiger partial charge in [0.05, 0.1) is 6.54 Å². The molecule has 3 aromatic rings. The molecule has 0 bridgehead atoms. The fraction of sp³-hybridized carbons (Fsp3) is 0.368. The number of hydrogen-bond acceptors (Lipinski definition) is 4. The third-order valence-corrected chi connectivity index (χ3v) is 4.86. The number of fused-ring (bicyclic) bond motifs is 1. The summed E-state index contributed by atoms with van der Waals surface area (Å²) in [6.07, 6.45) is -2.73. The van der Waals surface area contributed by atoms with E-state index in [0.717, 1.165) is 35.5 Å². The number of alkyl halides is 3. The van der Waals surface area contributed by atoms with Gasteiger partial charge in [0.2, 0.25) is 11.7 Å². The van der Waals surface area contributed by atoms with Gasteiger partial charge >= 0.3 is 6.18 Å². The van der Waals surface area contributed by atoms with E-state index in [9.17, 15) is 18.0 Å². The number of nitrogens with one attached hydrogen (secondary N) is 2. The highest BCUT2D eigenvalue weighted by molar-refractivity contribution is 5.85. The second kappa shape index (κ2) is 6.57. The fourth-order valence-electron chi connectivity index (χ4n) is 2.83. The topological polar surface area (TPSA) is 80.2 Å². The maximum atomic E-state index is 12.5. The van der Waals surface area contributed by atoms with E-state index in [2.05, 4.69) is 20.0 Å². The Kier molecular flexibility index (Phi) is 4.32. The summed E-state index contributed by atoms with van der Waals surface area (Å²) in [5, 5.41) is 7.23. The summed E-state index contributed by atoms with van der Waals surface area (Å²) < 4.78 is 47.3. The Morgan fingerprint density at radius 3 is 2.79 bits per heavy atom. The fourth-order valence-corrected chi connectivity index (χ4v) is 2.83. The van der Waals surface area contributed by atoms with Crippen LogP contribution >= 0.6 is 0 Å². The lowest BCUT2D eigenvalue weighted by Gasteiger charge is -2.08. The molecular formula is C19H18F3N3O3. The van der Waals surface area contributed by atoms with Gasteiger partial charge in [0.25, 0.3) is 0 Å². The average molecular weight is 393 g/mol. The van der Waals surface area contributed by atoms with Gasteiger partial charge in [-0.2, -0.15) is 13.2 Å². The highest BCUT2D eigenvalue weighted by Gasteiger charge is 2.44. The van der Waals surface area contributed by atoms with Gasteiger partial charge < -0.3 is 19.6 Å². The summed E-state index contributed by atoms with van der Waals surface area (Å²) in [5.41, 5.74) is 1.49. The second-order valence-corrected chi connectivity index (χ2v) is 7.26. The van der Waals surface area contributed by atoms with Crippen LogP contribution in [0.25, 0.3) is 10.9 Å². The van der Waals surface area contributed by atoms with Crippen molar-refractivity contribution < 1.29 is 27.2 Å². The lowest BCUT2D eigenvalue weighted by atomic mass is 10.1. The van der Waals surface area contributed by atoms with Crippen LogP contribution in [0.4, 0.5) is 13.2 Å². The van der Waals surface area contributed by atoms with Crippen LogP contribution in [0.5, 0.6) is 5.75 Å². The Bertz CT molecular complexity index is 1020. The molecule has 0 radical (unpaired) electrons. The molecule has 1 aromatic carbocycles. The minimum absolute atomic E-state index is 0.0517. The lowest BCUT2D eigenvalue weighted by Crippen LogP contribution is -2.29. The smallest absolute Gasteiger partial charge is 0.452 e. The number of carbonyl (C=O) groups is 1. The maximum absolute atomic E-state index is 12.5. The van der Waals surface area contributed by atoms with Crippen molar-refractivity contribution in [1.29, 1.82) is 0 Å². The number of nitrogens with zero attached hydrogens (tertiary/aromatic N) is 1. The predicted octanol–water partition coefficient (Wildman–Crippen LogP) is 4.17. The highest BCUT2D eigenvalue weighted by atomic mass is 19.4. The number of aromatic amines is 1. The minimum atomic E-state index is -4.57. The number of hydrogen-bond donors (Lipinski definition) is 2. The van der Waals surface area contributed by atoms with Gasteiger partial charge in [0, 0.05) is 28.8 Å². The van der Waals surface area contributed by atoms with E-state index < -0.39 is 11.9 Å². The number of aromatic nitrogens is 2. The number of H-pyrrole nitrogens is 1. The van der Waals surface area contributed by atoms with E-state index in [4.69, 9.17) is 4.74 Å². The molecule has 148 valence electrons. The zero-order valence-electron chi connectivity index (χ0n) is 15.0. The van der Waals surface area contributed by atoms with E-state index in [1.807, 2.05) is 19.1 Å². The maximum Gasteiger partial charge on any atom is 0.452 e. The average Bonchev–Trinajstić information content (AvgIpc) is 3.08. The number of amides is 1. The number of carbonyl (C=O) groups excluding carboxylic acids is 1. The van der Waals surface area contributed by atoms with E-state index in [1.54, 1.807) is 12.1 Å². The summed E-state index contributed by atoms with van der Waals surface area (Å²) in [6, 6.07) is 8.04. The van der Waals surface area contributed by atoms with Crippen LogP contribution in [0, 0.1) is 5.41 Å². The van der Waals surface area contributed by atoms with Crippen LogP contribution in [-0.4, -0.2) is 16.0 Å². The minimum Gasteiger partial charge on any atom is -0.487 e. The molecule has 1 aliphatic carbocycles. The van der Waals surface area contributed by atoms with Crippen molar-refractivity contribution in [3.8, 4) is 5.75 Å². The van der Waals surface area contributed by atoms with E-state index in [0.29, 0.717) is 12.3 Å². The third kappa shape index (κ3) is 3.83. The first-order valence-electron chi connectivity index (χ1n) is 8.78.